The molecule has 98 valence electrons. The van der Waals surface area contributed by atoms with E-state index in [4.69, 9.17) is 5.73 Å². The number of nitriles is 1. The van der Waals surface area contributed by atoms with Crippen molar-refractivity contribution >= 4 is 16.9 Å². The summed E-state index contributed by atoms with van der Waals surface area (Å²) < 4.78 is 13.9. The van der Waals surface area contributed by atoms with Crippen LogP contribution in [0.3, 0.4) is 0 Å². The topological polar surface area (TPSA) is 112 Å². The normalized spacial score (nSPS) is 10.6. The molecule has 20 heavy (non-hydrogen) atoms. The highest BCUT2D eigenvalue weighted by molar-refractivity contribution is 5.89. The number of pyridine rings is 1. The number of phenolic OH excluding ortho intramolecular Hbond substituents is 1. The fourth-order valence-electron chi connectivity index (χ4n) is 1.95. The number of nitrogens with one attached hydrogen (secondary N) is 1. The minimum absolute atomic E-state index is 0.120. The fraction of sp³-hybridized carbons (Fsp3) is 0. The average molecular weight is 269 g/mol. The molecule has 0 fully saturated rings. The zero-order valence-electron chi connectivity index (χ0n) is 10.1. The smallest absolute Gasteiger partial charge is 0.158 e. The van der Waals surface area contributed by atoms with Crippen molar-refractivity contribution in [2.24, 2.45) is 0 Å². The van der Waals surface area contributed by atoms with E-state index in [0.29, 0.717) is 11.0 Å². The third kappa shape index (κ3) is 1.71. The van der Waals surface area contributed by atoms with Crippen molar-refractivity contribution in [2.45, 2.75) is 0 Å². The number of aromatic hydroxyl groups is 1. The zero-order valence-corrected chi connectivity index (χ0v) is 10.1. The molecule has 0 bridgehead atoms. The van der Waals surface area contributed by atoms with E-state index < -0.39 is 5.82 Å². The number of hydrogen-bond donors (Lipinski definition) is 3. The summed E-state index contributed by atoms with van der Waals surface area (Å²) in [6.07, 6.45) is 0. The molecular weight excluding hydrogens is 261 g/mol. The number of H-pyrrole nitrogens is 1. The Morgan fingerprint density at radius 1 is 1.35 bits per heavy atom. The molecule has 0 radical (unpaired) electrons. The van der Waals surface area contributed by atoms with Gasteiger partial charge in [-0.3, -0.25) is 5.10 Å². The maximum atomic E-state index is 13.9. The molecule has 6 nitrogen and oxygen atoms in total. The van der Waals surface area contributed by atoms with Gasteiger partial charge in [0.15, 0.2) is 11.5 Å². The molecule has 0 saturated heterocycles. The van der Waals surface area contributed by atoms with E-state index in [2.05, 4.69) is 15.2 Å². The summed E-state index contributed by atoms with van der Waals surface area (Å²) in [5.41, 5.74) is 6.47. The van der Waals surface area contributed by atoms with Crippen LogP contribution in [0.25, 0.3) is 22.3 Å². The molecule has 7 heteroatoms. The Hall–Kier alpha value is -3.14. The predicted molar refractivity (Wildman–Crippen MR) is 70.1 cm³/mol. The van der Waals surface area contributed by atoms with Crippen LogP contribution in [0, 0.1) is 17.1 Å². The van der Waals surface area contributed by atoms with Crippen LogP contribution < -0.4 is 5.73 Å². The van der Waals surface area contributed by atoms with Gasteiger partial charge in [-0.2, -0.15) is 10.4 Å². The van der Waals surface area contributed by atoms with Crippen LogP contribution in [0.4, 0.5) is 10.2 Å². The van der Waals surface area contributed by atoms with E-state index in [1.807, 2.05) is 6.07 Å². The summed E-state index contributed by atoms with van der Waals surface area (Å²) in [6, 6.07) is 7.11. The number of nitrogens with zero attached hydrogens (tertiary/aromatic N) is 3. The fourth-order valence-corrected chi connectivity index (χ4v) is 1.95. The first kappa shape index (κ1) is 11.9. The minimum Gasteiger partial charge on any atom is -0.508 e. The lowest BCUT2D eigenvalue weighted by Gasteiger charge is -2.05. The number of nitrogen functional groups attached to an aromatic ring is 1. The van der Waals surface area contributed by atoms with E-state index in [1.54, 1.807) is 0 Å². The summed E-state index contributed by atoms with van der Waals surface area (Å²) in [5.74, 6) is -0.640. The van der Waals surface area contributed by atoms with Crippen LogP contribution in [-0.2, 0) is 0 Å². The Bertz CT molecular complexity index is 865. The van der Waals surface area contributed by atoms with Crippen molar-refractivity contribution < 1.29 is 9.50 Å². The number of phenols is 1. The van der Waals surface area contributed by atoms with Crippen molar-refractivity contribution in [2.75, 3.05) is 5.73 Å². The molecule has 0 aliphatic heterocycles. The second-order valence-electron chi connectivity index (χ2n) is 4.17. The largest absolute Gasteiger partial charge is 0.508 e. The molecule has 1 aromatic carbocycles. The van der Waals surface area contributed by atoms with Gasteiger partial charge in [-0.15, -0.1) is 0 Å². The Kier molecular flexibility index (Phi) is 2.51. The number of aromatic nitrogens is 3. The molecule has 0 aliphatic rings. The summed E-state index contributed by atoms with van der Waals surface area (Å²) in [4.78, 5) is 4.19. The van der Waals surface area contributed by atoms with Crippen LogP contribution in [0.1, 0.15) is 5.56 Å². The van der Waals surface area contributed by atoms with Gasteiger partial charge in [-0.25, -0.2) is 9.37 Å². The molecular formula is C13H8FN5O. The molecule has 2 heterocycles. The van der Waals surface area contributed by atoms with E-state index in [-0.39, 0.29) is 28.4 Å². The Morgan fingerprint density at radius 2 is 2.15 bits per heavy atom. The molecule has 0 atom stereocenters. The first-order valence-corrected chi connectivity index (χ1v) is 5.63. The Morgan fingerprint density at radius 3 is 2.85 bits per heavy atom. The second-order valence-corrected chi connectivity index (χ2v) is 4.17. The van der Waals surface area contributed by atoms with Crippen LogP contribution in [-0.4, -0.2) is 20.3 Å². The lowest BCUT2D eigenvalue weighted by Crippen LogP contribution is -1.94. The van der Waals surface area contributed by atoms with Gasteiger partial charge in [0.1, 0.15) is 17.6 Å². The van der Waals surface area contributed by atoms with Gasteiger partial charge in [0.25, 0.3) is 0 Å². The molecule has 0 unspecified atom stereocenters. The summed E-state index contributed by atoms with van der Waals surface area (Å²) in [6.45, 7) is 0. The lowest BCUT2D eigenvalue weighted by molar-refractivity contribution is 0.469. The number of aromatic amines is 1. The molecule has 0 spiro atoms. The van der Waals surface area contributed by atoms with Crippen molar-refractivity contribution in [3.63, 3.8) is 0 Å². The van der Waals surface area contributed by atoms with Crippen molar-refractivity contribution in [1.29, 1.82) is 5.26 Å². The van der Waals surface area contributed by atoms with Gasteiger partial charge in [0.05, 0.1) is 16.6 Å². The number of anilines is 1. The second kappa shape index (κ2) is 4.20. The first-order chi connectivity index (χ1) is 9.60. The average Bonchev–Trinajstić information content (AvgIpc) is 2.78. The summed E-state index contributed by atoms with van der Waals surface area (Å²) in [7, 11) is 0. The third-order valence-corrected chi connectivity index (χ3v) is 2.91. The standard InChI is InChI=1S/C13H8FN5O/c14-10-4-7(20)1-2-8(10)11-6(5-15)3-9-12(16)18-19-13(9)17-11/h1-4,20H,(H3,16,17,18,19). The third-order valence-electron chi connectivity index (χ3n) is 2.91. The number of halogens is 1. The SMILES string of the molecule is N#Cc1cc2c(N)n[nH]c2nc1-c1ccc(O)cc1F. The highest BCUT2D eigenvalue weighted by Gasteiger charge is 2.15. The maximum Gasteiger partial charge on any atom is 0.158 e. The number of hydrogen-bond acceptors (Lipinski definition) is 5. The molecule has 2 aromatic heterocycles. The molecule has 0 amide bonds. The Labute approximate surface area is 112 Å². The molecule has 0 saturated carbocycles. The number of benzene rings is 1. The van der Waals surface area contributed by atoms with E-state index in [0.717, 1.165) is 6.07 Å². The van der Waals surface area contributed by atoms with Gasteiger partial charge in [0.2, 0.25) is 0 Å². The number of rotatable bonds is 1. The summed E-state index contributed by atoms with van der Waals surface area (Å²) in [5, 5.41) is 25.3. The molecule has 4 N–H and O–H groups in total. The summed E-state index contributed by atoms with van der Waals surface area (Å²) >= 11 is 0. The van der Waals surface area contributed by atoms with Gasteiger partial charge < -0.3 is 10.8 Å². The Balaban J connectivity index is 2.32. The van der Waals surface area contributed by atoms with Gasteiger partial charge in [-0.05, 0) is 18.2 Å². The van der Waals surface area contributed by atoms with Crippen LogP contribution >= 0.6 is 0 Å². The predicted octanol–water partition coefficient (Wildman–Crippen LogP) is 1.92. The number of fused-ring (bicyclic) bond motifs is 1. The highest BCUT2D eigenvalue weighted by Crippen LogP contribution is 2.29. The maximum absolute atomic E-state index is 13.9. The van der Waals surface area contributed by atoms with Crippen molar-refractivity contribution in [3.05, 3.63) is 35.6 Å². The van der Waals surface area contributed by atoms with E-state index in [9.17, 15) is 14.8 Å². The molecule has 3 rings (SSSR count). The number of nitrogens with two attached hydrogens (primary N) is 1. The molecule has 3 aromatic rings. The van der Waals surface area contributed by atoms with E-state index >= 15 is 0 Å². The zero-order chi connectivity index (χ0) is 14.3. The van der Waals surface area contributed by atoms with Gasteiger partial charge >= 0.3 is 0 Å². The highest BCUT2D eigenvalue weighted by atomic mass is 19.1. The monoisotopic (exact) mass is 269 g/mol. The van der Waals surface area contributed by atoms with Gasteiger partial charge in [0, 0.05) is 11.6 Å². The van der Waals surface area contributed by atoms with Crippen molar-refractivity contribution in [1.82, 2.24) is 15.2 Å². The van der Waals surface area contributed by atoms with Crippen LogP contribution in [0.15, 0.2) is 24.3 Å². The van der Waals surface area contributed by atoms with Crippen LogP contribution in [0.5, 0.6) is 5.75 Å². The van der Waals surface area contributed by atoms with Gasteiger partial charge in [-0.1, -0.05) is 0 Å². The quantitative estimate of drug-likeness (QED) is 0.624. The molecule has 0 aliphatic carbocycles. The van der Waals surface area contributed by atoms with Crippen molar-refractivity contribution in [3.8, 4) is 23.1 Å². The first-order valence-electron chi connectivity index (χ1n) is 5.63. The van der Waals surface area contributed by atoms with Crippen LogP contribution in [0.2, 0.25) is 0 Å². The minimum atomic E-state index is -0.666. The van der Waals surface area contributed by atoms with E-state index in [1.165, 1.54) is 18.2 Å². The lowest BCUT2D eigenvalue weighted by atomic mass is 10.0.